The minimum atomic E-state index is -0.131. The number of ether oxygens (including phenoxy) is 1. The van der Waals surface area contributed by atoms with Gasteiger partial charge in [-0.3, -0.25) is 4.79 Å². The first-order chi connectivity index (χ1) is 9.27. The van der Waals surface area contributed by atoms with Crippen molar-refractivity contribution in [2.45, 2.75) is 39.5 Å². The molecule has 0 saturated carbocycles. The van der Waals surface area contributed by atoms with Crippen molar-refractivity contribution in [2.24, 2.45) is 0 Å². The highest BCUT2D eigenvalue weighted by molar-refractivity contribution is 5.75. The van der Waals surface area contributed by atoms with Gasteiger partial charge in [-0.25, -0.2) is 0 Å². The van der Waals surface area contributed by atoms with Crippen LogP contribution in [-0.2, 0) is 9.53 Å². The zero-order valence-corrected chi connectivity index (χ0v) is 12.1. The highest BCUT2D eigenvalue weighted by Gasteiger charge is 2.11. The van der Waals surface area contributed by atoms with Crippen LogP contribution in [0, 0.1) is 0 Å². The Kier molecular flexibility index (Phi) is 7.71. The first-order valence-electron chi connectivity index (χ1n) is 7.23. The molecule has 19 heavy (non-hydrogen) atoms. The van der Waals surface area contributed by atoms with Crippen molar-refractivity contribution >= 4 is 11.7 Å². The number of para-hydroxylation sites is 1. The number of rotatable bonds is 9. The normalized spacial score (nSPS) is 10.2. The number of hydrogen-bond acceptors (Lipinski definition) is 3. The van der Waals surface area contributed by atoms with E-state index in [2.05, 4.69) is 18.7 Å². The van der Waals surface area contributed by atoms with Gasteiger partial charge in [0.1, 0.15) is 6.54 Å². The summed E-state index contributed by atoms with van der Waals surface area (Å²) < 4.78 is 5.23. The number of anilines is 1. The van der Waals surface area contributed by atoms with E-state index in [4.69, 9.17) is 4.74 Å². The van der Waals surface area contributed by atoms with Gasteiger partial charge in [0, 0.05) is 12.2 Å². The number of nitrogens with zero attached hydrogens (tertiary/aromatic N) is 1. The standard InChI is InChI=1S/C16H25NO2/c1-3-5-12-17(15-10-8-7-9-11-15)14-16(18)19-13-6-4-2/h7-11H,3-6,12-14H2,1-2H3. The Hall–Kier alpha value is -1.51. The van der Waals surface area contributed by atoms with E-state index in [0.717, 1.165) is 37.9 Å². The van der Waals surface area contributed by atoms with E-state index in [1.807, 2.05) is 30.3 Å². The number of esters is 1. The van der Waals surface area contributed by atoms with E-state index in [0.29, 0.717) is 13.2 Å². The van der Waals surface area contributed by atoms with Gasteiger partial charge >= 0.3 is 5.97 Å². The van der Waals surface area contributed by atoms with E-state index in [1.165, 1.54) is 0 Å². The molecule has 0 heterocycles. The summed E-state index contributed by atoms with van der Waals surface area (Å²) in [5.74, 6) is -0.131. The maximum absolute atomic E-state index is 11.8. The second-order valence-corrected chi connectivity index (χ2v) is 4.68. The molecule has 0 fully saturated rings. The summed E-state index contributed by atoms with van der Waals surface area (Å²) in [5, 5.41) is 0. The van der Waals surface area contributed by atoms with Crippen molar-refractivity contribution in [3.05, 3.63) is 30.3 Å². The number of unbranched alkanes of at least 4 members (excludes halogenated alkanes) is 2. The summed E-state index contributed by atoms with van der Waals surface area (Å²) in [5.41, 5.74) is 1.09. The van der Waals surface area contributed by atoms with Crippen LogP contribution >= 0.6 is 0 Å². The van der Waals surface area contributed by atoms with Crippen molar-refractivity contribution in [3.8, 4) is 0 Å². The first kappa shape index (κ1) is 15.5. The smallest absolute Gasteiger partial charge is 0.325 e. The number of carbonyl (C=O) groups excluding carboxylic acids is 1. The van der Waals surface area contributed by atoms with Gasteiger partial charge in [-0.2, -0.15) is 0 Å². The molecule has 1 aromatic carbocycles. The van der Waals surface area contributed by atoms with Crippen LogP contribution in [0.3, 0.4) is 0 Å². The van der Waals surface area contributed by atoms with Crippen molar-refractivity contribution < 1.29 is 9.53 Å². The number of benzene rings is 1. The lowest BCUT2D eigenvalue weighted by Crippen LogP contribution is -2.32. The molecule has 0 aliphatic heterocycles. The van der Waals surface area contributed by atoms with E-state index in [1.54, 1.807) is 0 Å². The van der Waals surface area contributed by atoms with Gasteiger partial charge in [0.05, 0.1) is 6.61 Å². The van der Waals surface area contributed by atoms with Gasteiger partial charge in [0.25, 0.3) is 0 Å². The predicted octanol–water partition coefficient (Wildman–Crippen LogP) is 3.64. The topological polar surface area (TPSA) is 29.5 Å². The van der Waals surface area contributed by atoms with E-state index < -0.39 is 0 Å². The van der Waals surface area contributed by atoms with Crippen LogP contribution in [0.15, 0.2) is 30.3 Å². The fraction of sp³-hybridized carbons (Fsp3) is 0.562. The quantitative estimate of drug-likeness (QED) is 0.503. The van der Waals surface area contributed by atoms with Crippen LogP contribution < -0.4 is 4.90 Å². The van der Waals surface area contributed by atoms with Crippen LogP contribution in [0.25, 0.3) is 0 Å². The molecule has 0 unspecified atom stereocenters. The van der Waals surface area contributed by atoms with Crippen LogP contribution in [0.2, 0.25) is 0 Å². The van der Waals surface area contributed by atoms with Crippen molar-refractivity contribution in [1.29, 1.82) is 0 Å². The second kappa shape index (κ2) is 9.42. The van der Waals surface area contributed by atoms with Gasteiger partial charge < -0.3 is 9.64 Å². The van der Waals surface area contributed by atoms with Crippen LogP contribution in [-0.4, -0.2) is 25.7 Å². The molecule has 0 radical (unpaired) electrons. The fourth-order valence-electron chi connectivity index (χ4n) is 1.82. The molecular formula is C16H25NO2. The van der Waals surface area contributed by atoms with Gasteiger partial charge in [0.2, 0.25) is 0 Å². The molecule has 106 valence electrons. The molecule has 0 atom stereocenters. The summed E-state index contributed by atoms with van der Waals surface area (Å²) in [4.78, 5) is 13.9. The number of carbonyl (C=O) groups is 1. The summed E-state index contributed by atoms with van der Waals surface area (Å²) in [6.07, 6.45) is 4.18. The Balaban J connectivity index is 2.52. The minimum Gasteiger partial charge on any atom is -0.464 e. The Morgan fingerprint density at radius 2 is 1.79 bits per heavy atom. The SMILES string of the molecule is CCCCOC(=O)CN(CCCC)c1ccccc1. The summed E-state index contributed by atoms with van der Waals surface area (Å²) in [6, 6.07) is 10.1. The lowest BCUT2D eigenvalue weighted by Gasteiger charge is -2.23. The van der Waals surface area contributed by atoms with E-state index in [-0.39, 0.29) is 5.97 Å². The lowest BCUT2D eigenvalue weighted by molar-refractivity contribution is -0.142. The van der Waals surface area contributed by atoms with Gasteiger partial charge in [-0.15, -0.1) is 0 Å². The Morgan fingerprint density at radius 3 is 2.42 bits per heavy atom. The third kappa shape index (κ3) is 6.27. The molecule has 0 saturated heterocycles. The monoisotopic (exact) mass is 263 g/mol. The molecule has 0 bridgehead atoms. The van der Waals surface area contributed by atoms with Crippen molar-refractivity contribution in [1.82, 2.24) is 0 Å². The Labute approximate surface area is 116 Å². The average Bonchev–Trinajstić information content (AvgIpc) is 2.44. The zero-order valence-electron chi connectivity index (χ0n) is 12.1. The van der Waals surface area contributed by atoms with E-state index >= 15 is 0 Å². The van der Waals surface area contributed by atoms with Crippen LogP contribution in [0.4, 0.5) is 5.69 Å². The lowest BCUT2D eigenvalue weighted by atomic mass is 10.2. The predicted molar refractivity (Wildman–Crippen MR) is 79.4 cm³/mol. The Morgan fingerprint density at radius 1 is 1.11 bits per heavy atom. The zero-order chi connectivity index (χ0) is 13.9. The highest BCUT2D eigenvalue weighted by atomic mass is 16.5. The van der Waals surface area contributed by atoms with Gasteiger partial charge in [0.15, 0.2) is 0 Å². The molecular weight excluding hydrogens is 238 g/mol. The van der Waals surface area contributed by atoms with Gasteiger partial charge in [-0.05, 0) is 25.0 Å². The summed E-state index contributed by atoms with van der Waals surface area (Å²) >= 11 is 0. The molecule has 1 aromatic rings. The molecule has 0 aliphatic rings. The third-order valence-electron chi connectivity index (χ3n) is 2.98. The maximum atomic E-state index is 11.8. The van der Waals surface area contributed by atoms with Crippen LogP contribution in [0.1, 0.15) is 39.5 Å². The fourth-order valence-corrected chi connectivity index (χ4v) is 1.82. The third-order valence-corrected chi connectivity index (χ3v) is 2.98. The minimum absolute atomic E-state index is 0.131. The molecule has 0 spiro atoms. The molecule has 0 aliphatic carbocycles. The Bertz CT molecular complexity index is 351. The maximum Gasteiger partial charge on any atom is 0.325 e. The van der Waals surface area contributed by atoms with Gasteiger partial charge in [-0.1, -0.05) is 44.9 Å². The van der Waals surface area contributed by atoms with Crippen molar-refractivity contribution in [3.63, 3.8) is 0 Å². The largest absolute Gasteiger partial charge is 0.464 e. The van der Waals surface area contributed by atoms with Crippen LogP contribution in [0.5, 0.6) is 0 Å². The van der Waals surface area contributed by atoms with Crippen molar-refractivity contribution in [2.75, 3.05) is 24.6 Å². The van der Waals surface area contributed by atoms with E-state index in [9.17, 15) is 4.79 Å². The second-order valence-electron chi connectivity index (χ2n) is 4.68. The average molecular weight is 263 g/mol. The number of hydrogen-bond donors (Lipinski definition) is 0. The first-order valence-corrected chi connectivity index (χ1v) is 7.23. The highest BCUT2D eigenvalue weighted by Crippen LogP contribution is 2.14. The molecule has 0 amide bonds. The molecule has 0 N–H and O–H groups in total. The molecule has 1 rings (SSSR count). The summed E-state index contributed by atoms with van der Waals surface area (Å²) in [6.45, 7) is 6.01. The molecule has 0 aromatic heterocycles. The molecule has 3 nitrogen and oxygen atoms in total. The molecule has 3 heteroatoms. The summed E-state index contributed by atoms with van der Waals surface area (Å²) in [7, 11) is 0.